The fourth-order valence-corrected chi connectivity index (χ4v) is 5.67. The number of carbonyl (C=O) groups excluding carboxylic acids is 1. The van der Waals surface area contributed by atoms with Crippen molar-refractivity contribution in [2.45, 2.75) is 71.1 Å². The number of benzene rings is 2. The average Bonchev–Trinajstić information content (AvgIpc) is 3.42. The van der Waals surface area contributed by atoms with Crippen molar-refractivity contribution in [2.24, 2.45) is 5.41 Å². The Balaban J connectivity index is 1.63. The molecule has 0 aromatic heterocycles. The van der Waals surface area contributed by atoms with E-state index in [9.17, 15) is 4.79 Å². The summed E-state index contributed by atoms with van der Waals surface area (Å²) in [5.41, 5.74) is 2.45. The summed E-state index contributed by atoms with van der Waals surface area (Å²) in [5, 5.41) is 3.18. The minimum Gasteiger partial charge on any atom is -0.493 e. The van der Waals surface area contributed by atoms with Gasteiger partial charge in [-0.3, -0.25) is 9.69 Å². The standard InChI is InChI=1S/C28H38N2O3/c1-20(29-21(2)31)28(3)19-30(17-22-10-6-5-7-11-22)18-25(28)23-14-15-26(32-4)27(16-23)33-24-12-8-9-13-24/h5-7,10-11,14-16,20,24-25H,8-9,12-13,17-19H2,1-4H3,(H,29,31)/t20?,25-,28+/m1/s1. The number of amides is 1. The summed E-state index contributed by atoms with van der Waals surface area (Å²) in [6.07, 6.45) is 4.96. The molecule has 2 aromatic carbocycles. The minimum absolute atomic E-state index is 0.0176. The Hall–Kier alpha value is -2.53. The summed E-state index contributed by atoms with van der Waals surface area (Å²) >= 11 is 0. The molecule has 1 aliphatic carbocycles. The fraction of sp³-hybridized carbons (Fsp3) is 0.536. The number of ether oxygens (including phenoxy) is 2. The van der Waals surface area contributed by atoms with E-state index < -0.39 is 0 Å². The van der Waals surface area contributed by atoms with Crippen molar-refractivity contribution in [3.05, 3.63) is 59.7 Å². The van der Waals surface area contributed by atoms with E-state index >= 15 is 0 Å². The highest BCUT2D eigenvalue weighted by atomic mass is 16.5. The number of carbonyl (C=O) groups is 1. The van der Waals surface area contributed by atoms with Crippen LogP contribution in [0.25, 0.3) is 0 Å². The molecule has 0 spiro atoms. The molecule has 2 fully saturated rings. The molecule has 5 nitrogen and oxygen atoms in total. The summed E-state index contributed by atoms with van der Waals surface area (Å²) in [6.45, 7) is 8.81. The van der Waals surface area contributed by atoms with Gasteiger partial charge in [0.2, 0.25) is 5.91 Å². The van der Waals surface area contributed by atoms with Crippen LogP contribution in [0.4, 0.5) is 0 Å². The maximum Gasteiger partial charge on any atom is 0.217 e. The van der Waals surface area contributed by atoms with Gasteiger partial charge in [-0.1, -0.05) is 43.3 Å². The van der Waals surface area contributed by atoms with Gasteiger partial charge in [-0.2, -0.15) is 0 Å². The van der Waals surface area contributed by atoms with Crippen LogP contribution in [-0.2, 0) is 11.3 Å². The van der Waals surface area contributed by atoms with Crippen LogP contribution in [0.3, 0.4) is 0 Å². The summed E-state index contributed by atoms with van der Waals surface area (Å²) in [5.74, 6) is 1.92. The Bertz CT molecular complexity index is 941. The topological polar surface area (TPSA) is 50.8 Å². The van der Waals surface area contributed by atoms with Gasteiger partial charge in [-0.15, -0.1) is 0 Å². The van der Waals surface area contributed by atoms with E-state index in [0.717, 1.165) is 44.0 Å². The maximum atomic E-state index is 11.9. The highest BCUT2D eigenvalue weighted by Gasteiger charge is 2.47. The van der Waals surface area contributed by atoms with Crippen molar-refractivity contribution >= 4 is 5.91 Å². The van der Waals surface area contributed by atoms with Crippen LogP contribution in [0.15, 0.2) is 48.5 Å². The number of likely N-dealkylation sites (tertiary alicyclic amines) is 1. The first-order valence-corrected chi connectivity index (χ1v) is 12.3. The van der Waals surface area contributed by atoms with Crippen LogP contribution in [0.5, 0.6) is 11.5 Å². The number of hydrogen-bond acceptors (Lipinski definition) is 4. The number of nitrogens with zero attached hydrogens (tertiary/aromatic N) is 1. The highest BCUT2D eigenvalue weighted by molar-refractivity contribution is 5.73. The number of rotatable bonds is 8. The van der Waals surface area contributed by atoms with Crippen molar-refractivity contribution in [1.29, 1.82) is 0 Å². The lowest BCUT2D eigenvalue weighted by Gasteiger charge is -2.37. The predicted molar refractivity (Wildman–Crippen MR) is 132 cm³/mol. The van der Waals surface area contributed by atoms with E-state index in [0.29, 0.717) is 0 Å². The highest BCUT2D eigenvalue weighted by Crippen LogP contribution is 2.47. The summed E-state index contributed by atoms with van der Waals surface area (Å²) in [6, 6.07) is 17.1. The molecule has 4 rings (SSSR count). The first kappa shape index (κ1) is 23.6. The lowest BCUT2D eigenvalue weighted by Crippen LogP contribution is -2.47. The lowest BCUT2D eigenvalue weighted by atomic mass is 9.71. The largest absolute Gasteiger partial charge is 0.493 e. The van der Waals surface area contributed by atoms with Crippen LogP contribution in [0, 0.1) is 5.41 Å². The molecule has 2 aromatic rings. The normalized spacial score (nSPS) is 24.5. The monoisotopic (exact) mass is 450 g/mol. The van der Waals surface area contributed by atoms with E-state index in [1.807, 2.05) is 6.07 Å². The third-order valence-corrected chi connectivity index (χ3v) is 7.64. The molecule has 3 atom stereocenters. The van der Waals surface area contributed by atoms with Crippen LogP contribution in [0.1, 0.15) is 63.5 Å². The quantitative estimate of drug-likeness (QED) is 0.605. The molecular weight excluding hydrogens is 412 g/mol. The Kier molecular flexibility index (Phi) is 7.28. The molecule has 1 unspecified atom stereocenters. The van der Waals surface area contributed by atoms with Gasteiger partial charge in [0.05, 0.1) is 13.2 Å². The molecule has 1 N–H and O–H groups in total. The van der Waals surface area contributed by atoms with E-state index in [1.54, 1.807) is 14.0 Å². The maximum absolute atomic E-state index is 11.9. The van der Waals surface area contributed by atoms with E-state index in [1.165, 1.54) is 24.0 Å². The zero-order valence-electron chi connectivity index (χ0n) is 20.5. The molecule has 33 heavy (non-hydrogen) atoms. The average molecular weight is 451 g/mol. The summed E-state index contributed by atoms with van der Waals surface area (Å²) in [7, 11) is 1.71. The van der Waals surface area contributed by atoms with E-state index in [-0.39, 0.29) is 29.4 Å². The SMILES string of the molecule is COc1ccc([C@H]2CN(Cc3ccccc3)C[C@@]2(C)C(C)NC(C)=O)cc1OC1CCCC1. The van der Waals surface area contributed by atoms with Crippen molar-refractivity contribution in [3.8, 4) is 11.5 Å². The molecule has 1 heterocycles. The van der Waals surface area contributed by atoms with Crippen LogP contribution in [0.2, 0.25) is 0 Å². The molecule has 5 heteroatoms. The number of hydrogen-bond donors (Lipinski definition) is 1. The van der Waals surface area contributed by atoms with Crippen LogP contribution < -0.4 is 14.8 Å². The van der Waals surface area contributed by atoms with E-state index in [2.05, 4.69) is 66.5 Å². The Morgan fingerprint density at radius 2 is 1.88 bits per heavy atom. The fourth-order valence-electron chi connectivity index (χ4n) is 5.67. The van der Waals surface area contributed by atoms with Gasteiger partial charge in [0, 0.05) is 43.9 Å². The molecule has 1 amide bonds. The second-order valence-corrected chi connectivity index (χ2v) is 10.1. The third-order valence-electron chi connectivity index (χ3n) is 7.64. The molecule has 1 aliphatic heterocycles. The van der Waals surface area contributed by atoms with Gasteiger partial charge in [0.15, 0.2) is 11.5 Å². The molecular formula is C28H38N2O3. The van der Waals surface area contributed by atoms with Crippen LogP contribution >= 0.6 is 0 Å². The molecule has 0 bridgehead atoms. The number of nitrogens with one attached hydrogen (secondary N) is 1. The van der Waals surface area contributed by atoms with Crippen molar-refractivity contribution in [1.82, 2.24) is 10.2 Å². The van der Waals surface area contributed by atoms with Gasteiger partial charge in [0.25, 0.3) is 0 Å². The van der Waals surface area contributed by atoms with Crippen molar-refractivity contribution < 1.29 is 14.3 Å². The summed E-state index contributed by atoms with van der Waals surface area (Å²) < 4.78 is 12.0. The zero-order chi connectivity index (χ0) is 23.4. The van der Waals surface area contributed by atoms with Crippen molar-refractivity contribution in [2.75, 3.05) is 20.2 Å². The smallest absolute Gasteiger partial charge is 0.217 e. The van der Waals surface area contributed by atoms with Gasteiger partial charge in [0.1, 0.15) is 0 Å². The van der Waals surface area contributed by atoms with Gasteiger partial charge in [-0.05, 0) is 55.9 Å². The molecule has 178 valence electrons. The number of methoxy groups -OCH3 is 1. The molecule has 2 aliphatic rings. The molecule has 0 radical (unpaired) electrons. The van der Waals surface area contributed by atoms with E-state index in [4.69, 9.17) is 9.47 Å². The lowest BCUT2D eigenvalue weighted by molar-refractivity contribution is -0.120. The Morgan fingerprint density at radius 1 is 1.15 bits per heavy atom. The molecule has 1 saturated carbocycles. The first-order chi connectivity index (χ1) is 15.9. The Morgan fingerprint density at radius 3 is 2.55 bits per heavy atom. The predicted octanol–water partition coefficient (Wildman–Crippen LogP) is 5.15. The second-order valence-electron chi connectivity index (χ2n) is 10.1. The molecule has 1 saturated heterocycles. The van der Waals surface area contributed by atoms with Crippen LogP contribution in [-0.4, -0.2) is 43.2 Å². The Labute approximate surface area is 198 Å². The summed E-state index contributed by atoms with van der Waals surface area (Å²) in [4.78, 5) is 14.5. The zero-order valence-corrected chi connectivity index (χ0v) is 20.5. The van der Waals surface area contributed by atoms with Gasteiger partial charge in [-0.25, -0.2) is 0 Å². The van der Waals surface area contributed by atoms with Crippen molar-refractivity contribution in [3.63, 3.8) is 0 Å². The van der Waals surface area contributed by atoms with Gasteiger partial charge >= 0.3 is 0 Å². The van der Waals surface area contributed by atoms with Gasteiger partial charge < -0.3 is 14.8 Å². The third kappa shape index (κ3) is 5.35. The first-order valence-electron chi connectivity index (χ1n) is 12.3. The second kappa shape index (κ2) is 10.2. The minimum atomic E-state index is -0.111.